The van der Waals surface area contributed by atoms with Crippen molar-refractivity contribution in [3.05, 3.63) is 103 Å². The smallest absolute Gasteiger partial charge is 0.372 e. The van der Waals surface area contributed by atoms with Crippen molar-refractivity contribution in [1.29, 1.82) is 0 Å². The molecule has 1 aromatic heterocycles. The third-order valence-electron chi connectivity index (χ3n) is 6.40. The van der Waals surface area contributed by atoms with Gasteiger partial charge in [0.1, 0.15) is 0 Å². The largest absolute Gasteiger partial charge is 0.416 e. The Bertz CT molecular complexity index is 1610. The Kier molecular flexibility index (Phi) is 12.0. The predicted molar refractivity (Wildman–Crippen MR) is 186 cm³/mol. The minimum absolute atomic E-state index is 0.562. The molecule has 0 saturated carbocycles. The van der Waals surface area contributed by atoms with Gasteiger partial charge in [-0.2, -0.15) is 22.4 Å². The quantitative estimate of drug-likeness (QED) is 0.163. The fourth-order valence-corrected chi connectivity index (χ4v) is 5.14. The van der Waals surface area contributed by atoms with Crippen LogP contribution in [-0.4, -0.2) is 41.1 Å². The molecular weight excluding hydrogens is 579 g/mol. The lowest BCUT2D eigenvalue weighted by molar-refractivity contribution is -0.137. The first kappa shape index (κ1) is 34.3. The standard InChI is InChI=1S/C25H31N5.C10H11F3S/c1-5-17-30(18-6-2)23-13-11-22(12-14-23)28-25-26-16-15-24(29-25)20-7-9-21(10-8-20)27-19(3)4;1-14(2,3)9-6-4-5-8(7-9)10(11,12)13/h7-16,27H,3,5-6,17-18H2,1-2,4H3,(H,26,28,29);4-7H,1-2H2,3H3. The van der Waals surface area contributed by atoms with E-state index in [1.54, 1.807) is 18.5 Å². The Hall–Kier alpha value is -4.24. The average Bonchev–Trinajstić information content (AvgIpc) is 2.97. The van der Waals surface area contributed by atoms with Gasteiger partial charge >= 0.3 is 6.18 Å². The van der Waals surface area contributed by atoms with Gasteiger partial charge in [0.15, 0.2) is 0 Å². The summed E-state index contributed by atoms with van der Waals surface area (Å²) in [6.07, 6.45) is 1.53. The first-order valence-corrected chi connectivity index (χ1v) is 16.8. The molecule has 0 aliphatic carbocycles. The summed E-state index contributed by atoms with van der Waals surface area (Å²) < 4.78 is 37.0. The molecule has 0 atom stereocenters. The van der Waals surface area contributed by atoms with Gasteiger partial charge in [-0.1, -0.05) is 50.4 Å². The molecule has 9 heteroatoms. The molecule has 234 valence electrons. The van der Waals surface area contributed by atoms with Crippen LogP contribution in [0.3, 0.4) is 0 Å². The zero-order valence-electron chi connectivity index (χ0n) is 25.9. The summed E-state index contributed by atoms with van der Waals surface area (Å²) in [6.45, 7) is 12.4. The van der Waals surface area contributed by atoms with Crippen molar-refractivity contribution in [1.82, 2.24) is 9.97 Å². The van der Waals surface area contributed by atoms with Gasteiger partial charge in [-0.3, -0.25) is 0 Å². The lowest BCUT2D eigenvalue weighted by atomic mass is 10.1. The van der Waals surface area contributed by atoms with Crippen LogP contribution >= 0.6 is 9.21 Å². The highest BCUT2D eigenvalue weighted by Gasteiger charge is 2.30. The van der Waals surface area contributed by atoms with E-state index in [9.17, 15) is 13.2 Å². The molecule has 4 rings (SSSR count). The number of alkyl halides is 3. The van der Waals surface area contributed by atoms with Crippen LogP contribution in [0, 0.1) is 0 Å². The van der Waals surface area contributed by atoms with Gasteiger partial charge in [0.25, 0.3) is 0 Å². The monoisotopic (exact) mass is 621 g/mol. The Morgan fingerprint density at radius 1 is 0.886 bits per heavy atom. The molecule has 4 aromatic rings. The van der Waals surface area contributed by atoms with Crippen molar-refractivity contribution in [2.45, 2.75) is 44.7 Å². The molecule has 1 heterocycles. The Labute approximate surface area is 260 Å². The third-order valence-corrected chi connectivity index (χ3v) is 7.79. The number of nitrogens with one attached hydrogen (secondary N) is 2. The van der Waals surface area contributed by atoms with E-state index in [1.165, 1.54) is 11.8 Å². The topological polar surface area (TPSA) is 53.1 Å². The van der Waals surface area contributed by atoms with Crippen LogP contribution in [0.25, 0.3) is 11.3 Å². The van der Waals surface area contributed by atoms with E-state index in [2.05, 4.69) is 81.9 Å². The molecule has 0 unspecified atom stereocenters. The molecule has 0 radical (unpaired) electrons. The number of hydrogen-bond acceptors (Lipinski definition) is 5. The van der Waals surface area contributed by atoms with Gasteiger partial charge in [0, 0.05) is 47.6 Å². The Balaban J connectivity index is 0.000000317. The van der Waals surface area contributed by atoms with Crippen molar-refractivity contribution >= 4 is 44.0 Å². The maximum atomic E-state index is 12.3. The lowest BCUT2D eigenvalue weighted by Gasteiger charge is -2.24. The zero-order chi connectivity index (χ0) is 32.3. The van der Waals surface area contributed by atoms with Crippen LogP contribution < -0.4 is 15.5 Å². The Morgan fingerprint density at radius 2 is 1.50 bits per heavy atom. The number of halogens is 3. The molecule has 0 bridgehead atoms. The summed E-state index contributed by atoms with van der Waals surface area (Å²) in [7, 11) is -1.59. The second kappa shape index (κ2) is 15.5. The van der Waals surface area contributed by atoms with E-state index in [1.807, 2.05) is 37.3 Å². The van der Waals surface area contributed by atoms with Gasteiger partial charge < -0.3 is 15.5 Å². The van der Waals surface area contributed by atoms with Gasteiger partial charge in [-0.05, 0) is 91.6 Å². The van der Waals surface area contributed by atoms with Crippen LogP contribution in [0.4, 0.5) is 36.2 Å². The molecular formula is C35H42F3N5S. The highest BCUT2D eigenvalue weighted by atomic mass is 32.2. The van der Waals surface area contributed by atoms with Gasteiger partial charge in [0.2, 0.25) is 5.95 Å². The van der Waals surface area contributed by atoms with Crippen LogP contribution in [-0.2, 0) is 6.18 Å². The molecule has 5 nitrogen and oxygen atoms in total. The summed E-state index contributed by atoms with van der Waals surface area (Å²) in [5.41, 5.74) is 5.43. The predicted octanol–water partition coefficient (Wildman–Crippen LogP) is 9.82. The first-order valence-electron chi connectivity index (χ1n) is 14.4. The molecule has 0 saturated heterocycles. The first-order chi connectivity index (χ1) is 20.8. The fourth-order valence-electron chi connectivity index (χ4n) is 4.32. The number of hydrogen-bond donors (Lipinski definition) is 2. The van der Waals surface area contributed by atoms with Crippen molar-refractivity contribution in [2.75, 3.05) is 34.9 Å². The molecule has 0 aliphatic rings. The summed E-state index contributed by atoms with van der Waals surface area (Å²) in [5, 5.41) is 6.53. The number of anilines is 4. The number of nitrogens with zero attached hydrogens (tertiary/aromatic N) is 3. The zero-order valence-corrected chi connectivity index (χ0v) is 26.7. The lowest BCUT2D eigenvalue weighted by Crippen LogP contribution is -2.24. The molecule has 0 spiro atoms. The molecule has 2 N–H and O–H groups in total. The van der Waals surface area contributed by atoms with Gasteiger partial charge in [0.05, 0.1) is 11.3 Å². The maximum absolute atomic E-state index is 12.3. The van der Waals surface area contributed by atoms with E-state index < -0.39 is 20.9 Å². The minimum Gasteiger partial charge on any atom is -0.372 e. The van der Waals surface area contributed by atoms with Crippen LogP contribution in [0.5, 0.6) is 0 Å². The van der Waals surface area contributed by atoms with Gasteiger partial charge in [-0.15, -0.1) is 0 Å². The van der Waals surface area contributed by atoms with E-state index in [4.69, 9.17) is 0 Å². The summed E-state index contributed by atoms with van der Waals surface area (Å²) >= 11 is 0. The third kappa shape index (κ3) is 10.5. The van der Waals surface area contributed by atoms with E-state index in [-0.39, 0.29) is 0 Å². The summed E-state index contributed by atoms with van der Waals surface area (Å²) in [6, 6.07) is 23.7. The number of rotatable bonds is 11. The summed E-state index contributed by atoms with van der Waals surface area (Å²) in [4.78, 5) is 12.0. The van der Waals surface area contributed by atoms with Crippen molar-refractivity contribution in [3.63, 3.8) is 0 Å². The molecule has 0 fully saturated rings. The molecule has 0 amide bonds. The van der Waals surface area contributed by atoms with E-state index in [0.717, 1.165) is 66.4 Å². The number of benzene rings is 3. The average molecular weight is 622 g/mol. The Morgan fingerprint density at radius 3 is 2.05 bits per heavy atom. The van der Waals surface area contributed by atoms with Gasteiger partial charge in [-0.25, -0.2) is 9.97 Å². The molecule has 44 heavy (non-hydrogen) atoms. The number of aromatic nitrogens is 2. The van der Waals surface area contributed by atoms with Crippen molar-refractivity contribution < 1.29 is 13.2 Å². The minimum atomic E-state index is -4.29. The second-order valence-corrected chi connectivity index (χ2v) is 13.7. The van der Waals surface area contributed by atoms with E-state index >= 15 is 0 Å². The van der Waals surface area contributed by atoms with E-state index in [0.29, 0.717) is 10.8 Å². The molecule has 0 aliphatic heterocycles. The van der Waals surface area contributed by atoms with Crippen LogP contribution in [0.15, 0.2) is 102 Å². The van der Waals surface area contributed by atoms with Crippen molar-refractivity contribution in [2.24, 2.45) is 0 Å². The van der Waals surface area contributed by atoms with Crippen LogP contribution in [0.2, 0.25) is 0 Å². The SMILES string of the molecule is C=C(C)Nc1ccc(-c2ccnc(Nc3ccc(N(CCC)CCC)cc3)n2)cc1.C=S(=C)(C)c1cccc(C(F)(F)F)c1. The maximum Gasteiger partial charge on any atom is 0.416 e. The normalized spacial score (nSPS) is 11.2. The fraction of sp³-hybridized carbons (Fsp3) is 0.257. The highest BCUT2D eigenvalue weighted by molar-refractivity contribution is 8.27. The number of allylic oxidation sites excluding steroid dienone is 1. The second-order valence-electron chi connectivity index (χ2n) is 10.7. The van der Waals surface area contributed by atoms with Crippen molar-refractivity contribution in [3.8, 4) is 11.3 Å². The van der Waals surface area contributed by atoms with Crippen LogP contribution in [0.1, 0.15) is 39.2 Å². The molecule has 3 aromatic carbocycles. The summed E-state index contributed by atoms with van der Waals surface area (Å²) in [5.74, 6) is 8.12. The highest BCUT2D eigenvalue weighted by Crippen LogP contribution is 2.34.